The van der Waals surface area contributed by atoms with Crippen molar-refractivity contribution in [3.05, 3.63) is 77.9 Å². The highest BCUT2D eigenvalue weighted by Crippen LogP contribution is 2.30. The molecule has 0 unspecified atom stereocenters. The number of benzene rings is 3. The van der Waals surface area contributed by atoms with Crippen molar-refractivity contribution < 1.29 is 14.3 Å². The van der Waals surface area contributed by atoms with Gasteiger partial charge in [-0.2, -0.15) is 0 Å². The number of amides is 1. The third-order valence-electron chi connectivity index (χ3n) is 7.91. The predicted octanol–water partition coefficient (Wildman–Crippen LogP) is 5.99. The lowest BCUT2D eigenvalue weighted by Crippen LogP contribution is -2.47. The van der Waals surface area contributed by atoms with Gasteiger partial charge < -0.3 is 14.5 Å². The smallest absolute Gasteiger partial charge is 0.308 e. The van der Waals surface area contributed by atoms with Gasteiger partial charge in [0.25, 0.3) is 0 Å². The molecule has 0 saturated carbocycles. The lowest BCUT2D eigenvalue weighted by atomic mass is 9.81. The number of hydrogen-bond acceptors (Lipinski definition) is 4. The van der Waals surface area contributed by atoms with E-state index in [9.17, 15) is 9.59 Å². The molecule has 37 heavy (non-hydrogen) atoms. The number of rotatable bonds is 9. The molecule has 1 amide bonds. The summed E-state index contributed by atoms with van der Waals surface area (Å²) in [6.45, 7) is 9.39. The summed E-state index contributed by atoms with van der Waals surface area (Å²) in [5.74, 6) is -0.140. The van der Waals surface area contributed by atoms with Gasteiger partial charge in [-0.1, -0.05) is 60.7 Å². The van der Waals surface area contributed by atoms with E-state index >= 15 is 0 Å². The average Bonchev–Trinajstić information content (AvgIpc) is 2.94. The third-order valence-corrected chi connectivity index (χ3v) is 7.91. The van der Waals surface area contributed by atoms with Crippen molar-refractivity contribution in [3.8, 4) is 0 Å². The minimum absolute atomic E-state index is 0.0966. The fourth-order valence-electron chi connectivity index (χ4n) is 5.50. The number of esters is 1. The van der Waals surface area contributed by atoms with Crippen LogP contribution < -0.4 is 4.90 Å². The molecule has 3 aromatic carbocycles. The van der Waals surface area contributed by atoms with Gasteiger partial charge in [0.15, 0.2) is 0 Å². The van der Waals surface area contributed by atoms with Crippen LogP contribution in [0.5, 0.6) is 0 Å². The Labute approximate surface area is 221 Å². The van der Waals surface area contributed by atoms with Crippen LogP contribution >= 0.6 is 0 Å². The summed E-state index contributed by atoms with van der Waals surface area (Å²) in [6.07, 6.45) is 3.40. The van der Waals surface area contributed by atoms with Crippen LogP contribution in [0.25, 0.3) is 10.8 Å². The van der Waals surface area contributed by atoms with E-state index in [1.54, 1.807) is 0 Å². The number of fused-ring (bicyclic) bond motifs is 1. The molecular weight excluding hydrogens is 460 g/mol. The molecule has 3 aromatic rings. The Morgan fingerprint density at radius 2 is 1.65 bits per heavy atom. The normalized spacial score (nSPS) is 14.5. The minimum atomic E-state index is -0.607. The molecule has 1 fully saturated rings. The number of anilines is 1. The van der Waals surface area contributed by atoms with Gasteiger partial charge in [0, 0.05) is 37.3 Å². The number of piperidine rings is 1. The number of nitrogens with zero attached hydrogens (tertiary/aromatic N) is 2. The van der Waals surface area contributed by atoms with E-state index < -0.39 is 5.41 Å². The van der Waals surface area contributed by atoms with Crippen LogP contribution in [0.2, 0.25) is 0 Å². The van der Waals surface area contributed by atoms with E-state index in [4.69, 9.17) is 4.74 Å². The second-order valence-electron chi connectivity index (χ2n) is 10.6. The summed E-state index contributed by atoms with van der Waals surface area (Å²) in [5.41, 5.74) is 3.01. The second-order valence-corrected chi connectivity index (χ2v) is 10.6. The number of aryl methyl sites for hydroxylation is 1. The van der Waals surface area contributed by atoms with Crippen LogP contribution in [-0.2, 0) is 26.2 Å². The zero-order valence-electron chi connectivity index (χ0n) is 22.7. The summed E-state index contributed by atoms with van der Waals surface area (Å²) in [6, 6.07) is 23.7. The van der Waals surface area contributed by atoms with Crippen molar-refractivity contribution in [1.29, 1.82) is 0 Å². The second kappa shape index (κ2) is 11.8. The number of carbonyl (C=O) groups is 2. The van der Waals surface area contributed by atoms with Gasteiger partial charge in [0.2, 0.25) is 5.91 Å². The van der Waals surface area contributed by atoms with Crippen LogP contribution in [0.4, 0.5) is 5.69 Å². The Balaban J connectivity index is 1.34. The maximum atomic E-state index is 13.4. The van der Waals surface area contributed by atoms with Crippen molar-refractivity contribution >= 4 is 28.3 Å². The van der Waals surface area contributed by atoms with E-state index in [1.165, 1.54) is 29.1 Å². The molecule has 5 nitrogen and oxygen atoms in total. The van der Waals surface area contributed by atoms with Gasteiger partial charge in [-0.05, 0) is 69.0 Å². The van der Waals surface area contributed by atoms with E-state index in [0.717, 1.165) is 31.5 Å². The lowest BCUT2D eigenvalue weighted by molar-refractivity contribution is -0.149. The van der Waals surface area contributed by atoms with Gasteiger partial charge in [-0.15, -0.1) is 0 Å². The van der Waals surface area contributed by atoms with Crippen LogP contribution in [0.1, 0.15) is 51.2 Å². The highest BCUT2D eigenvalue weighted by atomic mass is 16.5. The van der Waals surface area contributed by atoms with E-state index in [-0.39, 0.29) is 17.8 Å². The highest BCUT2D eigenvalue weighted by Gasteiger charge is 2.36. The molecule has 1 aliphatic rings. The van der Waals surface area contributed by atoms with Crippen molar-refractivity contribution in [1.82, 2.24) is 4.90 Å². The van der Waals surface area contributed by atoms with Gasteiger partial charge in [-0.3, -0.25) is 9.59 Å². The van der Waals surface area contributed by atoms with Crippen molar-refractivity contribution in [2.24, 2.45) is 5.92 Å². The first-order valence-electron chi connectivity index (χ1n) is 13.5. The Bertz CT molecular complexity index is 1200. The molecule has 0 N–H and O–H groups in total. The molecule has 1 heterocycles. The zero-order chi connectivity index (χ0) is 26.4. The molecule has 0 aromatic heterocycles. The molecule has 4 rings (SSSR count). The standard InChI is InChI=1S/C32H40N2O3/c1-5-33(29-14-8-12-25-11-6-7-13-28(25)29)21-9-10-24-15-17-27(18-16-24)32(2,3)31(36)34-22-19-26(20-23-34)30(35)37-4/h6-8,11-18,26H,5,9-10,19-23H2,1-4H3. The molecule has 1 aliphatic heterocycles. The fraction of sp³-hybridized carbons (Fsp3) is 0.438. The first-order chi connectivity index (χ1) is 17.8. The van der Waals surface area contributed by atoms with Crippen LogP contribution in [0.3, 0.4) is 0 Å². The van der Waals surface area contributed by atoms with E-state index in [1.807, 2.05) is 18.7 Å². The molecule has 0 aliphatic carbocycles. The SMILES string of the molecule is CCN(CCCc1ccc(C(C)(C)C(=O)N2CCC(C(=O)OC)CC2)cc1)c1cccc2ccccc12. The molecule has 196 valence electrons. The maximum Gasteiger partial charge on any atom is 0.308 e. The Morgan fingerprint density at radius 3 is 2.32 bits per heavy atom. The molecule has 0 bridgehead atoms. The Hall–Kier alpha value is -3.34. The quantitative estimate of drug-likeness (QED) is 0.339. The molecule has 0 radical (unpaired) electrons. The van der Waals surface area contributed by atoms with Crippen LogP contribution in [-0.4, -0.2) is 50.1 Å². The summed E-state index contributed by atoms with van der Waals surface area (Å²) in [4.78, 5) is 29.5. The van der Waals surface area contributed by atoms with Crippen molar-refractivity contribution in [2.75, 3.05) is 38.2 Å². The van der Waals surface area contributed by atoms with Gasteiger partial charge in [0.1, 0.15) is 0 Å². The minimum Gasteiger partial charge on any atom is -0.469 e. The third kappa shape index (κ3) is 5.98. The van der Waals surface area contributed by atoms with Gasteiger partial charge >= 0.3 is 5.97 Å². The van der Waals surface area contributed by atoms with E-state index in [2.05, 4.69) is 78.6 Å². The molecule has 5 heteroatoms. The molecular formula is C32H40N2O3. The van der Waals surface area contributed by atoms with Crippen LogP contribution in [0, 0.1) is 5.92 Å². The monoisotopic (exact) mass is 500 g/mol. The molecule has 0 atom stereocenters. The largest absolute Gasteiger partial charge is 0.469 e. The zero-order valence-corrected chi connectivity index (χ0v) is 22.7. The predicted molar refractivity (Wildman–Crippen MR) is 151 cm³/mol. The van der Waals surface area contributed by atoms with Gasteiger partial charge in [-0.25, -0.2) is 0 Å². The summed E-state index contributed by atoms with van der Waals surface area (Å²) < 4.78 is 4.87. The highest BCUT2D eigenvalue weighted by molar-refractivity contribution is 5.94. The number of hydrogen-bond donors (Lipinski definition) is 0. The summed E-state index contributed by atoms with van der Waals surface area (Å²) >= 11 is 0. The Morgan fingerprint density at radius 1 is 0.973 bits per heavy atom. The topological polar surface area (TPSA) is 49.9 Å². The number of ether oxygens (including phenoxy) is 1. The first kappa shape index (κ1) is 26.7. The van der Waals surface area contributed by atoms with E-state index in [0.29, 0.717) is 25.9 Å². The van der Waals surface area contributed by atoms with Crippen LogP contribution in [0.15, 0.2) is 66.7 Å². The first-order valence-corrected chi connectivity index (χ1v) is 13.5. The van der Waals surface area contributed by atoms with Crippen molar-refractivity contribution in [2.45, 2.75) is 51.9 Å². The Kier molecular flexibility index (Phi) is 8.52. The van der Waals surface area contributed by atoms with Crippen molar-refractivity contribution in [3.63, 3.8) is 0 Å². The average molecular weight is 501 g/mol. The summed E-state index contributed by atoms with van der Waals surface area (Å²) in [5, 5.41) is 2.58. The molecule has 0 spiro atoms. The number of methoxy groups -OCH3 is 1. The lowest BCUT2D eigenvalue weighted by Gasteiger charge is -2.36. The maximum absolute atomic E-state index is 13.4. The fourth-order valence-corrected chi connectivity index (χ4v) is 5.50. The number of carbonyl (C=O) groups excluding carboxylic acids is 2. The number of likely N-dealkylation sites (tertiary alicyclic amines) is 1. The summed E-state index contributed by atoms with van der Waals surface area (Å²) in [7, 11) is 1.43. The molecule has 1 saturated heterocycles. The van der Waals surface area contributed by atoms with Gasteiger partial charge in [0.05, 0.1) is 18.4 Å².